The molecule has 1 amide bonds. The lowest BCUT2D eigenvalue weighted by atomic mass is 10.1. The second kappa shape index (κ2) is 7.88. The zero-order chi connectivity index (χ0) is 15.8. The van der Waals surface area contributed by atoms with Crippen LogP contribution in [0.25, 0.3) is 0 Å². The molecule has 4 nitrogen and oxygen atoms in total. The van der Waals surface area contributed by atoms with E-state index in [2.05, 4.69) is 17.2 Å². The summed E-state index contributed by atoms with van der Waals surface area (Å²) < 4.78 is 5.13. The molecule has 0 spiro atoms. The number of amides is 1. The van der Waals surface area contributed by atoms with E-state index in [1.165, 1.54) is 0 Å². The van der Waals surface area contributed by atoms with Gasteiger partial charge in [-0.3, -0.25) is 4.79 Å². The number of carbonyl (C=O) groups is 1. The number of rotatable bonds is 7. The van der Waals surface area contributed by atoms with Gasteiger partial charge in [0.25, 0.3) is 5.91 Å². The zero-order valence-electron chi connectivity index (χ0n) is 12.6. The normalized spacial score (nSPS) is 9.86. The van der Waals surface area contributed by atoms with Gasteiger partial charge >= 0.3 is 0 Å². The Balaban J connectivity index is 1.90. The van der Waals surface area contributed by atoms with Gasteiger partial charge in [-0.2, -0.15) is 0 Å². The number of anilines is 1. The van der Waals surface area contributed by atoms with E-state index in [9.17, 15) is 4.79 Å². The molecule has 2 aromatic rings. The summed E-state index contributed by atoms with van der Waals surface area (Å²) in [6.45, 7) is 4.75. The van der Waals surface area contributed by atoms with E-state index < -0.39 is 0 Å². The number of hydrogen-bond donors (Lipinski definition) is 2. The molecule has 2 rings (SSSR count). The monoisotopic (exact) mass is 296 g/mol. The van der Waals surface area contributed by atoms with E-state index in [0.29, 0.717) is 18.7 Å². The molecule has 0 saturated heterocycles. The van der Waals surface area contributed by atoms with Gasteiger partial charge in [-0.15, -0.1) is 6.58 Å². The number of benzene rings is 2. The van der Waals surface area contributed by atoms with Crippen molar-refractivity contribution in [3.05, 3.63) is 72.3 Å². The van der Waals surface area contributed by atoms with Crippen LogP contribution >= 0.6 is 0 Å². The SMILES string of the molecule is C=CCNC(=O)c1ccc(NCc2ccc(OC)cc2)cc1. The highest BCUT2D eigenvalue weighted by molar-refractivity contribution is 5.94. The van der Waals surface area contributed by atoms with E-state index in [-0.39, 0.29) is 5.91 Å². The topological polar surface area (TPSA) is 50.4 Å². The number of methoxy groups -OCH3 is 1. The van der Waals surface area contributed by atoms with E-state index in [0.717, 1.165) is 17.0 Å². The predicted molar refractivity (Wildman–Crippen MR) is 89.3 cm³/mol. The van der Waals surface area contributed by atoms with Crippen LogP contribution in [0.4, 0.5) is 5.69 Å². The van der Waals surface area contributed by atoms with Gasteiger partial charge in [0.2, 0.25) is 0 Å². The Labute approximate surface area is 130 Å². The second-order valence-electron chi connectivity index (χ2n) is 4.78. The fourth-order valence-corrected chi connectivity index (χ4v) is 1.95. The molecule has 2 aromatic carbocycles. The van der Waals surface area contributed by atoms with Gasteiger partial charge in [0.15, 0.2) is 0 Å². The summed E-state index contributed by atoms with van der Waals surface area (Å²) in [7, 11) is 1.65. The van der Waals surface area contributed by atoms with Crippen LogP contribution in [0.1, 0.15) is 15.9 Å². The summed E-state index contributed by atoms with van der Waals surface area (Å²) >= 11 is 0. The van der Waals surface area contributed by atoms with Crippen LogP contribution < -0.4 is 15.4 Å². The molecule has 0 aromatic heterocycles. The standard InChI is InChI=1S/C18H20N2O2/c1-3-12-19-18(21)15-6-8-16(9-7-15)20-13-14-4-10-17(22-2)11-5-14/h3-11,20H,1,12-13H2,2H3,(H,19,21). The van der Waals surface area contributed by atoms with Crippen molar-refractivity contribution in [2.75, 3.05) is 19.0 Å². The van der Waals surface area contributed by atoms with Gasteiger partial charge in [0.1, 0.15) is 5.75 Å². The molecule has 0 radical (unpaired) electrons. The van der Waals surface area contributed by atoms with Gasteiger partial charge in [-0.25, -0.2) is 0 Å². The largest absolute Gasteiger partial charge is 0.497 e. The van der Waals surface area contributed by atoms with Gasteiger partial charge < -0.3 is 15.4 Å². The Morgan fingerprint density at radius 2 is 1.82 bits per heavy atom. The minimum atomic E-state index is -0.0957. The van der Waals surface area contributed by atoms with Crippen molar-refractivity contribution in [2.45, 2.75) is 6.54 Å². The van der Waals surface area contributed by atoms with Crippen LogP contribution in [-0.4, -0.2) is 19.6 Å². The zero-order valence-corrected chi connectivity index (χ0v) is 12.6. The highest BCUT2D eigenvalue weighted by Gasteiger charge is 2.03. The van der Waals surface area contributed by atoms with E-state index in [4.69, 9.17) is 4.74 Å². The van der Waals surface area contributed by atoms with Crippen LogP contribution in [0, 0.1) is 0 Å². The first-order valence-corrected chi connectivity index (χ1v) is 7.09. The minimum Gasteiger partial charge on any atom is -0.497 e. The molecule has 0 saturated carbocycles. The van der Waals surface area contributed by atoms with Crippen LogP contribution in [-0.2, 0) is 6.54 Å². The van der Waals surface area contributed by atoms with E-state index in [1.54, 1.807) is 25.3 Å². The Morgan fingerprint density at radius 1 is 1.14 bits per heavy atom. The van der Waals surface area contributed by atoms with Crippen molar-refractivity contribution in [1.29, 1.82) is 0 Å². The molecule has 4 heteroatoms. The number of carbonyl (C=O) groups excluding carboxylic acids is 1. The lowest BCUT2D eigenvalue weighted by Gasteiger charge is -2.08. The highest BCUT2D eigenvalue weighted by Crippen LogP contribution is 2.14. The number of hydrogen-bond acceptors (Lipinski definition) is 3. The molecule has 0 heterocycles. The minimum absolute atomic E-state index is 0.0957. The average molecular weight is 296 g/mol. The van der Waals surface area contributed by atoms with Crippen molar-refractivity contribution in [1.82, 2.24) is 5.32 Å². The predicted octanol–water partition coefficient (Wildman–Crippen LogP) is 3.22. The molecular formula is C18H20N2O2. The third-order valence-corrected chi connectivity index (χ3v) is 3.21. The fraction of sp³-hybridized carbons (Fsp3) is 0.167. The third-order valence-electron chi connectivity index (χ3n) is 3.21. The summed E-state index contributed by atoms with van der Waals surface area (Å²) in [4.78, 5) is 11.8. The molecule has 0 aliphatic heterocycles. The van der Waals surface area contributed by atoms with Crippen LogP contribution in [0.5, 0.6) is 5.75 Å². The number of ether oxygens (including phenoxy) is 1. The molecule has 0 bridgehead atoms. The summed E-state index contributed by atoms with van der Waals surface area (Å²) in [6.07, 6.45) is 1.66. The molecule has 0 atom stereocenters. The third kappa shape index (κ3) is 4.38. The van der Waals surface area contributed by atoms with Crippen LogP contribution in [0.3, 0.4) is 0 Å². The summed E-state index contributed by atoms with van der Waals surface area (Å²) in [5.41, 5.74) is 2.77. The van der Waals surface area contributed by atoms with Gasteiger partial charge in [0, 0.05) is 24.3 Å². The molecule has 0 aliphatic rings. The first-order chi connectivity index (χ1) is 10.7. The molecule has 0 aliphatic carbocycles. The number of nitrogens with one attached hydrogen (secondary N) is 2. The van der Waals surface area contributed by atoms with Crippen LogP contribution in [0.2, 0.25) is 0 Å². The summed E-state index contributed by atoms with van der Waals surface area (Å²) in [6, 6.07) is 15.3. The molecular weight excluding hydrogens is 276 g/mol. The first kappa shape index (κ1) is 15.6. The maximum Gasteiger partial charge on any atom is 0.251 e. The lowest BCUT2D eigenvalue weighted by molar-refractivity contribution is 0.0958. The Hall–Kier alpha value is -2.75. The Kier molecular flexibility index (Phi) is 5.60. The second-order valence-corrected chi connectivity index (χ2v) is 4.78. The van der Waals surface area contributed by atoms with Crippen molar-refractivity contribution in [2.24, 2.45) is 0 Å². The van der Waals surface area contributed by atoms with Crippen molar-refractivity contribution < 1.29 is 9.53 Å². The molecule has 22 heavy (non-hydrogen) atoms. The maximum absolute atomic E-state index is 11.8. The molecule has 2 N–H and O–H groups in total. The Morgan fingerprint density at radius 3 is 2.41 bits per heavy atom. The van der Waals surface area contributed by atoms with Crippen LogP contribution in [0.15, 0.2) is 61.2 Å². The quantitative estimate of drug-likeness (QED) is 0.771. The van der Waals surface area contributed by atoms with Crippen molar-refractivity contribution >= 4 is 11.6 Å². The summed E-state index contributed by atoms with van der Waals surface area (Å²) in [5, 5.41) is 6.07. The van der Waals surface area contributed by atoms with E-state index in [1.807, 2.05) is 36.4 Å². The van der Waals surface area contributed by atoms with Crippen molar-refractivity contribution in [3.8, 4) is 5.75 Å². The van der Waals surface area contributed by atoms with Gasteiger partial charge in [0.05, 0.1) is 7.11 Å². The van der Waals surface area contributed by atoms with Gasteiger partial charge in [-0.1, -0.05) is 18.2 Å². The average Bonchev–Trinajstić information content (AvgIpc) is 2.58. The van der Waals surface area contributed by atoms with Gasteiger partial charge in [-0.05, 0) is 42.0 Å². The lowest BCUT2D eigenvalue weighted by Crippen LogP contribution is -2.23. The molecule has 114 valence electrons. The molecule has 0 unspecified atom stereocenters. The molecule has 0 fully saturated rings. The summed E-state index contributed by atoms with van der Waals surface area (Å²) in [5.74, 6) is 0.750. The Bertz CT molecular complexity index is 619. The van der Waals surface area contributed by atoms with E-state index >= 15 is 0 Å². The first-order valence-electron chi connectivity index (χ1n) is 7.09. The fourth-order valence-electron chi connectivity index (χ4n) is 1.95. The smallest absolute Gasteiger partial charge is 0.251 e. The maximum atomic E-state index is 11.8. The van der Waals surface area contributed by atoms with Crippen molar-refractivity contribution in [3.63, 3.8) is 0 Å². The highest BCUT2D eigenvalue weighted by atomic mass is 16.5.